The molecule has 0 spiro atoms. The van der Waals surface area contributed by atoms with Crippen molar-refractivity contribution in [3.8, 4) is 6.08 Å². The van der Waals surface area contributed by atoms with E-state index in [2.05, 4.69) is 10.3 Å². The number of fused-ring (bicyclic) bond motifs is 1. The molecule has 9 nitrogen and oxygen atoms in total. The SMILES string of the molecule is Cc1cc(NC(=O)[C@H](C)N(C(=O)OCc2ccccc2)c2ccccc2)cc2nc(OC(C)C)oc(=O)c12. The van der Waals surface area contributed by atoms with E-state index >= 15 is 0 Å². The van der Waals surface area contributed by atoms with Gasteiger partial charge in [-0.1, -0.05) is 48.5 Å². The fraction of sp³-hybridized carbons (Fsp3) is 0.241. The van der Waals surface area contributed by atoms with Gasteiger partial charge in [0.2, 0.25) is 5.91 Å². The van der Waals surface area contributed by atoms with Crippen LogP contribution in [0.5, 0.6) is 6.08 Å². The van der Waals surface area contributed by atoms with Gasteiger partial charge in [-0.2, -0.15) is 4.98 Å². The third-order valence-corrected chi connectivity index (χ3v) is 5.72. The second kappa shape index (κ2) is 11.6. The van der Waals surface area contributed by atoms with E-state index < -0.39 is 23.7 Å². The number of carbonyl (C=O) groups is 2. The summed E-state index contributed by atoms with van der Waals surface area (Å²) in [7, 11) is 0. The van der Waals surface area contributed by atoms with E-state index in [4.69, 9.17) is 13.9 Å². The fourth-order valence-corrected chi connectivity index (χ4v) is 3.93. The zero-order chi connectivity index (χ0) is 27.2. The molecular weight excluding hydrogens is 486 g/mol. The maximum atomic E-state index is 13.3. The van der Waals surface area contributed by atoms with Gasteiger partial charge >= 0.3 is 17.8 Å². The van der Waals surface area contributed by atoms with Crippen LogP contribution in [0.4, 0.5) is 16.2 Å². The first-order valence-corrected chi connectivity index (χ1v) is 12.2. The van der Waals surface area contributed by atoms with Gasteiger partial charge in [-0.05, 0) is 63.1 Å². The standard InChI is InChI=1S/C29H29N3O6/c1-18(2)37-28-31-24-16-22(15-19(3)25(24)27(34)38-28)30-26(33)20(4)32(23-13-9-6-10-14-23)29(35)36-17-21-11-7-5-8-12-21/h5-16,18,20H,17H2,1-4H3,(H,30,33)/t20-/m0/s1. The second-order valence-corrected chi connectivity index (χ2v) is 9.03. The third-order valence-electron chi connectivity index (χ3n) is 5.72. The van der Waals surface area contributed by atoms with Gasteiger partial charge in [0.1, 0.15) is 12.6 Å². The molecule has 4 rings (SSSR count). The number of aryl methyl sites for hydroxylation is 1. The van der Waals surface area contributed by atoms with Crippen molar-refractivity contribution >= 4 is 34.3 Å². The summed E-state index contributed by atoms with van der Waals surface area (Å²) in [5.74, 6) is -0.453. The van der Waals surface area contributed by atoms with E-state index in [1.807, 2.05) is 36.4 Å². The molecule has 1 heterocycles. The molecule has 9 heteroatoms. The number of carbonyl (C=O) groups excluding carboxylic acids is 2. The normalized spacial score (nSPS) is 11.7. The molecule has 4 aromatic rings. The van der Waals surface area contributed by atoms with Crippen LogP contribution >= 0.6 is 0 Å². The first-order valence-electron chi connectivity index (χ1n) is 12.2. The van der Waals surface area contributed by atoms with Crippen molar-refractivity contribution in [2.45, 2.75) is 46.4 Å². The Kier molecular flexibility index (Phi) is 8.06. The molecule has 0 fully saturated rings. The first-order chi connectivity index (χ1) is 18.2. The maximum absolute atomic E-state index is 13.3. The summed E-state index contributed by atoms with van der Waals surface area (Å²) in [6.07, 6.45) is -1.05. The van der Waals surface area contributed by atoms with Crippen molar-refractivity contribution in [1.82, 2.24) is 4.98 Å². The number of nitrogens with zero attached hydrogens (tertiary/aromatic N) is 2. The zero-order valence-electron chi connectivity index (χ0n) is 21.6. The van der Waals surface area contributed by atoms with Crippen molar-refractivity contribution in [1.29, 1.82) is 0 Å². The third kappa shape index (κ3) is 6.18. The topological polar surface area (TPSA) is 111 Å². The summed E-state index contributed by atoms with van der Waals surface area (Å²) >= 11 is 0. The van der Waals surface area contributed by atoms with Crippen LogP contribution in [-0.4, -0.2) is 29.1 Å². The number of para-hydroxylation sites is 1. The molecular formula is C29H29N3O6. The van der Waals surface area contributed by atoms with E-state index in [9.17, 15) is 14.4 Å². The average Bonchev–Trinajstić information content (AvgIpc) is 2.88. The van der Waals surface area contributed by atoms with Crippen LogP contribution in [-0.2, 0) is 16.1 Å². The summed E-state index contributed by atoms with van der Waals surface area (Å²) in [4.78, 5) is 44.6. The Morgan fingerprint density at radius 3 is 2.32 bits per heavy atom. The number of amides is 2. The highest BCUT2D eigenvalue weighted by Gasteiger charge is 2.29. The number of hydrogen-bond donors (Lipinski definition) is 1. The van der Waals surface area contributed by atoms with Crippen molar-refractivity contribution in [3.63, 3.8) is 0 Å². The summed E-state index contributed by atoms with van der Waals surface area (Å²) in [5, 5.41) is 3.13. The van der Waals surface area contributed by atoms with Gasteiger partial charge in [-0.15, -0.1) is 0 Å². The van der Waals surface area contributed by atoms with Gasteiger partial charge < -0.3 is 19.2 Å². The summed E-state index contributed by atoms with van der Waals surface area (Å²) in [6.45, 7) is 6.98. The highest BCUT2D eigenvalue weighted by atomic mass is 16.6. The number of anilines is 2. The van der Waals surface area contributed by atoms with Gasteiger partial charge in [-0.25, -0.2) is 9.59 Å². The average molecular weight is 516 g/mol. The minimum atomic E-state index is -0.926. The largest absolute Gasteiger partial charge is 0.447 e. The number of hydrogen-bond acceptors (Lipinski definition) is 7. The van der Waals surface area contributed by atoms with Crippen LogP contribution in [0.1, 0.15) is 31.9 Å². The minimum absolute atomic E-state index is 0.0657. The summed E-state index contributed by atoms with van der Waals surface area (Å²) in [6, 6.07) is 20.4. The number of rotatable bonds is 8. The molecule has 38 heavy (non-hydrogen) atoms. The van der Waals surface area contributed by atoms with Crippen LogP contribution < -0.4 is 20.6 Å². The predicted molar refractivity (Wildman–Crippen MR) is 144 cm³/mol. The molecule has 1 atom stereocenters. The van der Waals surface area contributed by atoms with E-state index in [-0.39, 0.29) is 18.8 Å². The highest BCUT2D eigenvalue weighted by Crippen LogP contribution is 2.24. The van der Waals surface area contributed by atoms with Crippen molar-refractivity contribution in [2.24, 2.45) is 0 Å². The Balaban J connectivity index is 1.58. The highest BCUT2D eigenvalue weighted by molar-refractivity contribution is 6.03. The van der Waals surface area contributed by atoms with Crippen LogP contribution in [0, 0.1) is 6.92 Å². The molecule has 0 aliphatic rings. The smallest absolute Gasteiger partial charge is 0.415 e. The lowest BCUT2D eigenvalue weighted by atomic mass is 10.1. The molecule has 0 radical (unpaired) electrons. The Morgan fingerprint density at radius 2 is 1.66 bits per heavy atom. The molecule has 3 aromatic carbocycles. The molecule has 2 amide bonds. The minimum Gasteiger partial charge on any atom is -0.447 e. The lowest BCUT2D eigenvalue weighted by molar-refractivity contribution is -0.117. The Hall–Kier alpha value is -4.66. The first kappa shape index (κ1) is 26.4. The number of nitrogens with one attached hydrogen (secondary N) is 1. The summed E-state index contributed by atoms with van der Waals surface area (Å²) < 4.78 is 16.1. The fourth-order valence-electron chi connectivity index (χ4n) is 3.93. The maximum Gasteiger partial charge on any atom is 0.415 e. The molecule has 0 aliphatic heterocycles. The zero-order valence-corrected chi connectivity index (χ0v) is 21.6. The Bertz CT molecular complexity index is 1490. The van der Waals surface area contributed by atoms with Crippen LogP contribution in [0.25, 0.3) is 10.9 Å². The van der Waals surface area contributed by atoms with Crippen LogP contribution in [0.2, 0.25) is 0 Å². The van der Waals surface area contributed by atoms with Crippen LogP contribution in [0.3, 0.4) is 0 Å². The lowest BCUT2D eigenvalue weighted by Crippen LogP contribution is -2.46. The van der Waals surface area contributed by atoms with Gasteiger partial charge in [0.15, 0.2) is 0 Å². The van der Waals surface area contributed by atoms with E-state index in [0.717, 1.165) is 5.56 Å². The van der Waals surface area contributed by atoms with Gasteiger partial charge in [0, 0.05) is 11.4 Å². The summed E-state index contributed by atoms with van der Waals surface area (Å²) in [5.41, 5.74) is 2.07. The predicted octanol–water partition coefficient (Wildman–Crippen LogP) is 5.45. The van der Waals surface area contributed by atoms with E-state index in [1.54, 1.807) is 64.1 Å². The second-order valence-electron chi connectivity index (χ2n) is 9.03. The molecule has 0 unspecified atom stereocenters. The number of aromatic nitrogens is 1. The molecule has 0 saturated carbocycles. The lowest BCUT2D eigenvalue weighted by Gasteiger charge is -2.28. The molecule has 0 saturated heterocycles. The van der Waals surface area contributed by atoms with E-state index in [0.29, 0.717) is 27.8 Å². The number of ether oxygens (including phenoxy) is 2. The molecule has 1 N–H and O–H groups in total. The Labute approximate surface area is 220 Å². The molecule has 1 aromatic heterocycles. The van der Waals surface area contributed by atoms with Gasteiger partial charge in [0.25, 0.3) is 0 Å². The molecule has 196 valence electrons. The number of benzene rings is 3. The van der Waals surface area contributed by atoms with Crippen molar-refractivity contribution in [3.05, 3.63) is 94.3 Å². The van der Waals surface area contributed by atoms with Crippen molar-refractivity contribution < 1.29 is 23.5 Å². The molecule has 0 aliphatic carbocycles. The Morgan fingerprint density at radius 1 is 1.00 bits per heavy atom. The van der Waals surface area contributed by atoms with Gasteiger partial charge in [0.05, 0.1) is 17.0 Å². The quantitative estimate of drug-likeness (QED) is 0.332. The van der Waals surface area contributed by atoms with Crippen LogP contribution in [0.15, 0.2) is 82.0 Å². The van der Waals surface area contributed by atoms with Gasteiger partial charge in [-0.3, -0.25) is 9.69 Å². The van der Waals surface area contributed by atoms with E-state index in [1.165, 1.54) is 4.90 Å². The van der Waals surface area contributed by atoms with Crippen molar-refractivity contribution in [2.75, 3.05) is 10.2 Å². The monoisotopic (exact) mass is 515 g/mol. The molecule has 0 bridgehead atoms.